The van der Waals surface area contributed by atoms with E-state index in [1.165, 1.54) is 32.1 Å². The lowest BCUT2D eigenvalue weighted by molar-refractivity contribution is 0.637. The molecule has 2 nitrogen and oxygen atoms in total. The maximum absolute atomic E-state index is 12.1. The lowest BCUT2D eigenvalue weighted by atomic mass is 10.1. The monoisotopic (exact) mass is 283 g/mol. The average molecular weight is 283 g/mol. The average Bonchev–Trinajstić information content (AvgIpc) is 2.51. The van der Waals surface area contributed by atoms with Crippen LogP contribution in [0.25, 0.3) is 17.1 Å². The third-order valence-corrected chi connectivity index (χ3v) is 3.86. The third kappa shape index (κ3) is 4.07. The van der Waals surface area contributed by atoms with E-state index >= 15 is 0 Å². The number of nitrogens with zero attached hydrogens (tertiary/aromatic N) is 1. The van der Waals surface area contributed by atoms with Gasteiger partial charge in [0.1, 0.15) is 0 Å². The summed E-state index contributed by atoms with van der Waals surface area (Å²) in [6, 6.07) is 7.80. The van der Waals surface area contributed by atoms with Crippen LogP contribution in [-0.2, 0) is 0 Å². The van der Waals surface area contributed by atoms with Crippen LogP contribution in [0.1, 0.15) is 51.0 Å². The molecule has 0 fully saturated rings. The minimum atomic E-state index is 0.134. The number of fused-ring (bicyclic) bond motifs is 1. The van der Waals surface area contributed by atoms with Crippen LogP contribution in [0.15, 0.2) is 41.3 Å². The van der Waals surface area contributed by atoms with Gasteiger partial charge in [-0.05, 0) is 31.9 Å². The highest BCUT2D eigenvalue weighted by atomic mass is 16.1. The van der Waals surface area contributed by atoms with E-state index < -0.39 is 0 Å². The molecule has 1 aromatic heterocycles. The maximum atomic E-state index is 12.1. The predicted octanol–water partition coefficient (Wildman–Crippen LogP) is 5.14. The van der Waals surface area contributed by atoms with Crippen molar-refractivity contribution in [3.05, 3.63) is 52.3 Å². The predicted molar refractivity (Wildman–Crippen MR) is 91.7 cm³/mol. The van der Waals surface area contributed by atoms with Crippen LogP contribution in [0.5, 0.6) is 0 Å². The first kappa shape index (κ1) is 15.6. The van der Waals surface area contributed by atoms with Gasteiger partial charge in [-0.25, -0.2) is 0 Å². The molecule has 112 valence electrons. The molecule has 2 aromatic rings. The summed E-state index contributed by atoms with van der Waals surface area (Å²) in [7, 11) is 0. The second kappa shape index (κ2) is 7.82. The van der Waals surface area contributed by atoms with Gasteiger partial charge < -0.3 is 4.57 Å². The minimum Gasteiger partial charge on any atom is -0.323 e. The number of unbranched alkanes of at least 4 members (excludes halogenated alkanes) is 5. The van der Waals surface area contributed by atoms with E-state index in [4.69, 9.17) is 0 Å². The van der Waals surface area contributed by atoms with Crippen molar-refractivity contribution in [2.45, 2.75) is 52.4 Å². The molecule has 0 unspecified atom stereocenters. The molecule has 0 aliphatic rings. The molecule has 0 aliphatic carbocycles. The van der Waals surface area contributed by atoms with E-state index in [1.807, 2.05) is 37.4 Å². The third-order valence-electron chi connectivity index (χ3n) is 3.86. The zero-order chi connectivity index (χ0) is 15.1. The van der Waals surface area contributed by atoms with Gasteiger partial charge in [-0.15, -0.1) is 0 Å². The molecule has 1 heterocycles. The molecule has 0 N–H and O–H groups in total. The molecule has 0 atom stereocenters. The lowest BCUT2D eigenvalue weighted by Crippen LogP contribution is -2.09. The van der Waals surface area contributed by atoms with E-state index in [1.54, 1.807) is 0 Å². The van der Waals surface area contributed by atoms with Crippen molar-refractivity contribution < 1.29 is 0 Å². The molecule has 21 heavy (non-hydrogen) atoms. The summed E-state index contributed by atoms with van der Waals surface area (Å²) in [5.74, 6) is 0. The van der Waals surface area contributed by atoms with Crippen molar-refractivity contribution in [2.75, 3.05) is 0 Å². The van der Waals surface area contributed by atoms with E-state index in [-0.39, 0.29) is 5.43 Å². The molecule has 0 radical (unpaired) electrons. The van der Waals surface area contributed by atoms with Crippen LogP contribution >= 0.6 is 0 Å². The van der Waals surface area contributed by atoms with Gasteiger partial charge in [0.25, 0.3) is 0 Å². The smallest absolute Gasteiger partial charge is 0.192 e. The van der Waals surface area contributed by atoms with Gasteiger partial charge in [0.2, 0.25) is 0 Å². The van der Waals surface area contributed by atoms with Crippen molar-refractivity contribution in [1.82, 2.24) is 4.57 Å². The van der Waals surface area contributed by atoms with Gasteiger partial charge in [0.15, 0.2) is 5.43 Å². The highest BCUT2D eigenvalue weighted by Crippen LogP contribution is 2.12. The molecule has 2 rings (SSSR count). The highest BCUT2D eigenvalue weighted by molar-refractivity contribution is 5.81. The van der Waals surface area contributed by atoms with Gasteiger partial charge in [-0.3, -0.25) is 4.79 Å². The van der Waals surface area contributed by atoms with Crippen molar-refractivity contribution in [3.8, 4) is 0 Å². The molecule has 0 spiro atoms. The van der Waals surface area contributed by atoms with Crippen molar-refractivity contribution >= 4 is 17.1 Å². The Hall–Kier alpha value is -1.83. The molecular weight excluding hydrogens is 258 g/mol. The summed E-state index contributed by atoms with van der Waals surface area (Å²) in [6.07, 6.45) is 13.9. The van der Waals surface area contributed by atoms with Crippen molar-refractivity contribution in [2.24, 2.45) is 0 Å². The fourth-order valence-electron chi connectivity index (χ4n) is 2.62. The molecule has 1 aromatic carbocycles. The fraction of sp³-hybridized carbons (Fsp3) is 0.421. The molecule has 0 amide bonds. The number of hydrogen-bond acceptors (Lipinski definition) is 1. The Morgan fingerprint density at radius 3 is 2.67 bits per heavy atom. The van der Waals surface area contributed by atoms with Crippen LogP contribution in [0.4, 0.5) is 0 Å². The van der Waals surface area contributed by atoms with Crippen LogP contribution < -0.4 is 5.43 Å². The summed E-state index contributed by atoms with van der Waals surface area (Å²) in [4.78, 5) is 12.1. The number of allylic oxidation sites excluding steroid dienone is 1. The Bertz CT molecular complexity index is 667. The van der Waals surface area contributed by atoms with E-state index in [9.17, 15) is 4.79 Å². The lowest BCUT2D eigenvalue weighted by Gasteiger charge is -2.07. The van der Waals surface area contributed by atoms with E-state index in [0.717, 1.165) is 22.9 Å². The first-order valence-electron chi connectivity index (χ1n) is 8.01. The first-order valence-corrected chi connectivity index (χ1v) is 8.01. The summed E-state index contributed by atoms with van der Waals surface area (Å²) in [6.45, 7) is 4.12. The number of aromatic nitrogens is 1. The van der Waals surface area contributed by atoms with Crippen LogP contribution in [0.2, 0.25) is 0 Å². The normalized spacial score (nSPS) is 11.5. The molecule has 2 heteroatoms. The zero-order valence-corrected chi connectivity index (χ0v) is 13.1. The van der Waals surface area contributed by atoms with E-state index in [2.05, 4.69) is 23.8 Å². The summed E-state index contributed by atoms with van der Waals surface area (Å²) < 4.78 is 2.07. The summed E-state index contributed by atoms with van der Waals surface area (Å²) in [5.41, 5.74) is 1.91. The van der Waals surface area contributed by atoms with Gasteiger partial charge in [0, 0.05) is 23.3 Å². The SMILES string of the molecule is CCCCCCC/C=C/n1cc(C)c(=O)c2ccccc21. The van der Waals surface area contributed by atoms with Gasteiger partial charge >= 0.3 is 0 Å². The Morgan fingerprint density at radius 1 is 1.10 bits per heavy atom. The van der Waals surface area contributed by atoms with Gasteiger partial charge in [-0.2, -0.15) is 0 Å². The number of rotatable bonds is 7. The minimum absolute atomic E-state index is 0.134. The second-order valence-electron chi connectivity index (χ2n) is 5.65. The standard InChI is InChI=1S/C19H25NO/c1-3-4-5-6-7-8-11-14-20-15-16(2)19(21)17-12-9-10-13-18(17)20/h9-15H,3-8H2,1-2H3/b14-11+. The number of para-hydroxylation sites is 1. The summed E-state index contributed by atoms with van der Waals surface area (Å²) in [5, 5.41) is 0.796. The summed E-state index contributed by atoms with van der Waals surface area (Å²) >= 11 is 0. The fourth-order valence-corrected chi connectivity index (χ4v) is 2.62. The van der Waals surface area contributed by atoms with Gasteiger partial charge in [0.05, 0.1) is 5.52 Å². The highest BCUT2D eigenvalue weighted by Gasteiger charge is 2.03. The second-order valence-corrected chi connectivity index (χ2v) is 5.65. The number of hydrogen-bond donors (Lipinski definition) is 0. The number of aryl methyl sites for hydroxylation is 1. The molecule has 0 aliphatic heterocycles. The van der Waals surface area contributed by atoms with Crippen LogP contribution in [-0.4, -0.2) is 4.57 Å². The van der Waals surface area contributed by atoms with E-state index in [0.29, 0.717) is 0 Å². The van der Waals surface area contributed by atoms with Crippen molar-refractivity contribution in [3.63, 3.8) is 0 Å². The topological polar surface area (TPSA) is 22.0 Å². The maximum Gasteiger partial charge on any atom is 0.192 e. The van der Waals surface area contributed by atoms with Crippen LogP contribution in [0, 0.1) is 6.92 Å². The molecule has 0 saturated heterocycles. The molecule has 0 saturated carbocycles. The molecule has 0 bridgehead atoms. The zero-order valence-electron chi connectivity index (χ0n) is 13.1. The Balaban J connectivity index is 2.08. The van der Waals surface area contributed by atoms with Gasteiger partial charge in [-0.1, -0.05) is 50.8 Å². The van der Waals surface area contributed by atoms with Crippen molar-refractivity contribution in [1.29, 1.82) is 0 Å². The quantitative estimate of drug-likeness (QED) is 0.645. The number of benzene rings is 1. The van der Waals surface area contributed by atoms with Crippen LogP contribution in [0.3, 0.4) is 0 Å². The largest absolute Gasteiger partial charge is 0.323 e. The first-order chi connectivity index (χ1) is 10.2. The Kier molecular flexibility index (Phi) is 5.79. The number of pyridine rings is 1. The molecular formula is C19H25NO. The Labute approximate surface area is 127 Å². The Morgan fingerprint density at radius 2 is 1.86 bits per heavy atom.